The quantitative estimate of drug-likeness (QED) is 0.877. The maximum atomic E-state index is 13.0. The number of carboxylic acids is 1. The summed E-state index contributed by atoms with van der Waals surface area (Å²) in [6.07, 6.45) is 0.656. The highest BCUT2D eigenvalue weighted by atomic mass is 19.2. The van der Waals surface area contributed by atoms with Crippen molar-refractivity contribution in [2.75, 3.05) is 18.5 Å². The number of hydrogen-bond donors (Lipinski definition) is 1. The molecule has 5 heteroatoms. The lowest BCUT2D eigenvalue weighted by Gasteiger charge is -2.19. The fraction of sp³-hybridized carbons (Fsp3) is 0.417. The summed E-state index contributed by atoms with van der Waals surface area (Å²) in [5.41, 5.74) is 0.555. The normalized spacial score (nSPS) is 22.3. The van der Waals surface area contributed by atoms with Gasteiger partial charge in [0.15, 0.2) is 11.6 Å². The molecule has 0 heterocycles. The molecule has 0 amide bonds. The van der Waals surface area contributed by atoms with E-state index < -0.39 is 17.6 Å². The summed E-state index contributed by atoms with van der Waals surface area (Å²) in [5.74, 6) is -2.74. The zero-order valence-corrected chi connectivity index (χ0v) is 9.36. The number of rotatable bonds is 4. The topological polar surface area (TPSA) is 40.5 Å². The van der Waals surface area contributed by atoms with Crippen LogP contribution in [0.5, 0.6) is 0 Å². The maximum Gasteiger partial charge on any atom is 0.306 e. The van der Waals surface area contributed by atoms with Crippen molar-refractivity contribution in [3.8, 4) is 0 Å². The first-order chi connectivity index (χ1) is 7.99. The molecule has 0 radical (unpaired) electrons. The molecule has 2 atom stereocenters. The van der Waals surface area contributed by atoms with E-state index in [-0.39, 0.29) is 11.8 Å². The van der Waals surface area contributed by atoms with Crippen molar-refractivity contribution in [3.05, 3.63) is 29.8 Å². The smallest absolute Gasteiger partial charge is 0.306 e. The molecule has 0 spiro atoms. The Kier molecular flexibility index (Phi) is 3.00. The summed E-state index contributed by atoms with van der Waals surface area (Å²) in [6.45, 7) is 0.544. The Hall–Kier alpha value is -1.65. The first kappa shape index (κ1) is 11.8. The average molecular weight is 241 g/mol. The number of carbonyl (C=O) groups is 1. The highest BCUT2D eigenvalue weighted by Crippen LogP contribution is 2.39. The molecule has 92 valence electrons. The van der Waals surface area contributed by atoms with Crippen LogP contribution in [0.1, 0.15) is 6.42 Å². The Labute approximate surface area is 97.7 Å². The van der Waals surface area contributed by atoms with Crippen molar-refractivity contribution in [1.29, 1.82) is 0 Å². The van der Waals surface area contributed by atoms with Gasteiger partial charge in [-0.3, -0.25) is 4.79 Å². The van der Waals surface area contributed by atoms with Crippen LogP contribution in [0.15, 0.2) is 18.2 Å². The van der Waals surface area contributed by atoms with Gasteiger partial charge in [0, 0.05) is 25.3 Å². The van der Waals surface area contributed by atoms with Crippen LogP contribution < -0.4 is 4.90 Å². The Morgan fingerprint density at radius 2 is 2.18 bits per heavy atom. The molecule has 1 fully saturated rings. The number of halogens is 2. The van der Waals surface area contributed by atoms with Crippen molar-refractivity contribution in [2.24, 2.45) is 11.8 Å². The van der Waals surface area contributed by atoms with E-state index in [0.717, 1.165) is 12.1 Å². The van der Waals surface area contributed by atoms with E-state index in [2.05, 4.69) is 0 Å². The van der Waals surface area contributed by atoms with Crippen LogP contribution in [-0.4, -0.2) is 24.7 Å². The SMILES string of the molecule is CN(CC1CC1C(=O)O)c1ccc(F)c(F)c1. The molecule has 1 aromatic carbocycles. The Morgan fingerprint density at radius 1 is 1.47 bits per heavy atom. The third-order valence-electron chi connectivity index (χ3n) is 3.09. The molecule has 2 unspecified atom stereocenters. The van der Waals surface area contributed by atoms with Gasteiger partial charge in [0.2, 0.25) is 0 Å². The van der Waals surface area contributed by atoms with E-state index in [1.807, 2.05) is 0 Å². The fourth-order valence-electron chi connectivity index (χ4n) is 1.93. The van der Waals surface area contributed by atoms with Crippen LogP contribution in [0.3, 0.4) is 0 Å². The second-order valence-corrected chi connectivity index (χ2v) is 4.42. The highest BCUT2D eigenvalue weighted by molar-refractivity contribution is 5.73. The number of carboxylic acid groups (broad SMARTS) is 1. The first-order valence-corrected chi connectivity index (χ1v) is 5.38. The van der Waals surface area contributed by atoms with Gasteiger partial charge in [-0.15, -0.1) is 0 Å². The Balaban J connectivity index is 1.98. The molecule has 1 N–H and O–H groups in total. The van der Waals surface area contributed by atoms with Crippen LogP contribution in [0.2, 0.25) is 0 Å². The second kappa shape index (κ2) is 4.31. The van der Waals surface area contributed by atoms with Crippen LogP contribution in [0.4, 0.5) is 14.5 Å². The third kappa shape index (κ3) is 2.54. The van der Waals surface area contributed by atoms with E-state index in [1.54, 1.807) is 11.9 Å². The van der Waals surface area contributed by atoms with Gasteiger partial charge in [0.25, 0.3) is 0 Å². The van der Waals surface area contributed by atoms with Gasteiger partial charge >= 0.3 is 5.97 Å². The summed E-state index contributed by atoms with van der Waals surface area (Å²) in [7, 11) is 1.74. The number of anilines is 1. The largest absolute Gasteiger partial charge is 0.481 e. The molecule has 2 rings (SSSR count). The monoisotopic (exact) mass is 241 g/mol. The van der Waals surface area contributed by atoms with E-state index in [1.165, 1.54) is 6.07 Å². The number of aliphatic carboxylic acids is 1. The van der Waals surface area contributed by atoms with Gasteiger partial charge < -0.3 is 10.0 Å². The van der Waals surface area contributed by atoms with E-state index >= 15 is 0 Å². The first-order valence-electron chi connectivity index (χ1n) is 5.38. The number of nitrogens with zero attached hydrogens (tertiary/aromatic N) is 1. The second-order valence-electron chi connectivity index (χ2n) is 4.42. The molecule has 3 nitrogen and oxygen atoms in total. The number of hydrogen-bond acceptors (Lipinski definition) is 2. The molecule has 0 aliphatic heterocycles. The molecule has 0 aromatic heterocycles. The zero-order valence-electron chi connectivity index (χ0n) is 9.36. The Morgan fingerprint density at radius 3 is 2.71 bits per heavy atom. The lowest BCUT2D eigenvalue weighted by atomic mass is 10.2. The van der Waals surface area contributed by atoms with Gasteiger partial charge in [0.1, 0.15) is 0 Å². The maximum absolute atomic E-state index is 13.0. The predicted molar refractivity (Wildman–Crippen MR) is 58.9 cm³/mol. The highest BCUT2D eigenvalue weighted by Gasteiger charge is 2.43. The summed E-state index contributed by atoms with van der Waals surface area (Å²) in [6, 6.07) is 3.67. The van der Waals surface area contributed by atoms with Crippen LogP contribution >= 0.6 is 0 Å². The van der Waals surface area contributed by atoms with Gasteiger partial charge in [-0.25, -0.2) is 8.78 Å². The van der Waals surface area contributed by atoms with Gasteiger partial charge in [-0.1, -0.05) is 0 Å². The third-order valence-corrected chi connectivity index (χ3v) is 3.09. The molecule has 0 bridgehead atoms. The van der Waals surface area contributed by atoms with E-state index in [9.17, 15) is 13.6 Å². The molecule has 0 saturated heterocycles. The zero-order chi connectivity index (χ0) is 12.6. The summed E-state index contributed by atoms with van der Waals surface area (Å²) in [4.78, 5) is 12.4. The minimum atomic E-state index is -0.889. The molecular formula is C12H13F2NO2. The number of benzene rings is 1. The predicted octanol–water partition coefficient (Wildman–Crippen LogP) is 2.12. The summed E-state index contributed by atoms with van der Waals surface area (Å²) >= 11 is 0. The van der Waals surface area contributed by atoms with Gasteiger partial charge in [0.05, 0.1) is 5.92 Å². The van der Waals surface area contributed by atoms with Gasteiger partial charge in [-0.05, 0) is 24.5 Å². The molecule has 1 saturated carbocycles. The standard InChI is InChI=1S/C12H13F2NO2/c1-15(6-7-4-9(7)12(16)17)8-2-3-10(13)11(14)5-8/h2-3,5,7,9H,4,6H2,1H3,(H,16,17). The van der Waals surface area contributed by atoms with Crippen molar-refractivity contribution in [2.45, 2.75) is 6.42 Å². The van der Waals surface area contributed by atoms with Crippen LogP contribution in [0.25, 0.3) is 0 Å². The fourth-order valence-corrected chi connectivity index (χ4v) is 1.93. The van der Waals surface area contributed by atoms with Crippen molar-refractivity contribution in [3.63, 3.8) is 0 Å². The van der Waals surface area contributed by atoms with E-state index in [0.29, 0.717) is 18.7 Å². The van der Waals surface area contributed by atoms with Crippen molar-refractivity contribution in [1.82, 2.24) is 0 Å². The molecule has 17 heavy (non-hydrogen) atoms. The minimum Gasteiger partial charge on any atom is -0.481 e. The molecule has 1 aromatic rings. The molecular weight excluding hydrogens is 228 g/mol. The average Bonchev–Trinajstić information content (AvgIpc) is 3.01. The van der Waals surface area contributed by atoms with Gasteiger partial charge in [-0.2, -0.15) is 0 Å². The molecule has 1 aliphatic rings. The van der Waals surface area contributed by atoms with Crippen LogP contribution in [0, 0.1) is 23.5 Å². The van der Waals surface area contributed by atoms with E-state index in [4.69, 9.17) is 5.11 Å². The summed E-state index contributed by atoms with van der Waals surface area (Å²) < 4.78 is 25.7. The minimum absolute atomic E-state index is 0.102. The lowest BCUT2D eigenvalue weighted by Crippen LogP contribution is -2.21. The van der Waals surface area contributed by atoms with Crippen molar-refractivity contribution >= 4 is 11.7 Å². The lowest BCUT2D eigenvalue weighted by molar-refractivity contribution is -0.138. The van der Waals surface area contributed by atoms with Crippen LogP contribution in [-0.2, 0) is 4.79 Å². The molecule has 1 aliphatic carbocycles. The Bertz CT molecular complexity index is 450. The van der Waals surface area contributed by atoms with Crippen molar-refractivity contribution < 1.29 is 18.7 Å². The summed E-state index contributed by atoms with van der Waals surface area (Å²) in [5, 5.41) is 8.76.